The van der Waals surface area contributed by atoms with Crippen molar-refractivity contribution in [2.24, 2.45) is 5.10 Å². The van der Waals surface area contributed by atoms with E-state index < -0.39 is 0 Å². The van der Waals surface area contributed by atoms with Gasteiger partial charge < -0.3 is 5.11 Å². The lowest BCUT2D eigenvalue weighted by molar-refractivity contribution is -0.120. The van der Waals surface area contributed by atoms with Gasteiger partial charge in [0.05, 0.1) is 12.6 Å². The number of rotatable bonds is 4. The molecule has 0 spiro atoms. The van der Waals surface area contributed by atoms with Gasteiger partial charge in [0.1, 0.15) is 5.75 Å². The molecule has 0 aliphatic carbocycles. The Kier molecular flexibility index (Phi) is 4.80. The maximum Gasteiger partial charge on any atom is 0.244 e. The van der Waals surface area contributed by atoms with Crippen molar-refractivity contribution in [2.75, 3.05) is 0 Å². The van der Waals surface area contributed by atoms with Gasteiger partial charge in [-0.25, -0.2) is 5.43 Å². The third-order valence-electron chi connectivity index (χ3n) is 4.18. The third kappa shape index (κ3) is 3.86. The molecule has 0 bridgehead atoms. The predicted molar refractivity (Wildman–Crippen MR) is 101 cm³/mol. The molecule has 0 heterocycles. The number of nitrogens with one attached hydrogen (secondary N) is 1. The van der Waals surface area contributed by atoms with Crippen molar-refractivity contribution in [3.63, 3.8) is 0 Å². The van der Waals surface area contributed by atoms with Crippen LogP contribution in [0.25, 0.3) is 10.8 Å². The van der Waals surface area contributed by atoms with Crippen molar-refractivity contribution in [3.05, 3.63) is 76.9 Å². The molecule has 4 nitrogen and oxygen atoms in total. The lowest BCUT2D eigenvalue weighted by Gasteiger charge is -2.06. The maximum atomic E-state index is 12.1. The van der Waals surface area contributed by atoms with Gasteiger partial charge in [-0.1, -0.05) is 54.1 Å². The zero-order valence-electron chi connectivity index (χ0n) is 14.3. The molecule has 0 aliphatic heterocycles. The van der Waals surface area contributed by atoms with Crippen LogP contribution in [-0.2, 0) is 11.2 Å². The van der Waals surface area contributed by atoms with E-state index in [2.05, 4.69) is 16.6 Å². The quantitative estimate of drug-likeness (QED) is 0.563. The molecule has 0 aliphatic rings. The van der Waals surface area contributed by atoms with E-state index in [4.69, 9.17) is 0 Å². The highest BCUT2D eigenvalue weighted by Crippen LogP contribution is 2.25. The highest BCUT2D eigenvalue weighted by Gasteiger charge is 2.07. The molecule has 0 aromatic heterocycles. The Balaban J connectivity index is 1.73. The number of phenolic OH excluding ortho intramolecular Hbond substituents is 1. The second-order valence-corrected chi connectivity index (χ2v) is 6.12. The first kappa shape index (κ1) is 16.7. The molecule has 1 amide bonds. The van der Waals surface area contributed by atoms with Crippen LogP contribution in [0.5, 0.6) is 5.75 Å². The number of aromatic hydroxyl groups is 1. The fourth-order valence-electron chi connectivity index (χ4n) is 2.85. The molecule has 0 saturated heterocycles. The van der Waals surface area contributed by atoms with Gasteiger partial charge in [-0.15, -0.1) is 0 Å². The van der Waals surface area contributed by atoms with E-state index >= 15 is 0 Å². The van der Waals surface area contributed by atoms with Crippen molar-refractivity contribution in [1.29, 1.82) is 0 Å². The maximum absolute atomic E-state index is 12.1. The summed E-state index contributed by atoms with van der Waals surface area (Å²) < 4.78 is 0. The van der Waals surface area contributed by atoms with Gasteiger partial charge in [-0.2, -0.15) is 5.10 Å². The Morgan fingerprint density at radius 1 is 1.12 bits per heavy atom. The molecule has 25 heavy (non-hydrogen) atoms. The molecular weight excluding hydrogens is 312 g/mol. The summed E-state index contributed by atoms with van der Waals surface area (Å²) in [5.41, 5.74) is 6.36. The smallest absolute Gasteiger partial charge is 0.244 e. The molecule has 4 heteroatoms. The van der Waals surface area contributed by atoms with Gasteiger partial charge in [-0.3, -0.25) is 4.79 Å². The summed E-state index contributed by atoms with van der Waals surface area (Å²) in [5.74, 6) is -0.0611. The lowest BCUT2D eigenvalue weighted by atomic mass is 10.0. The molecule has 0 unspecified atom stereocenters. The molecule has 3 aromatic rings. The molecule has 3 rings (SSSR count). The number of carbonyl (C=O) groups excluding carboxylic acids is 1. The van der Waals surface area contributed by atoms with E-state index in [1.807, 2.05) is 56.3 Å². The summed E-state index contributed by atoms with van der Waals surface area (Å²) in [6.45, 7) is 4.02. The fraction of sp³-hybridized carbons (Fsp3) is 0.143. The summed E-state index contributed by atoms with van der Waals surface area (Å²) in [6.07, 6.45) is 1.75. The second-order valence-electron chi connectivity index (χ2n) is 6.12. The third-order valence-corrected chi connectivity index (χ3v) is 4.18. The minimum atomic E-state index is -0.192. The largest absolute Gasteiger partial charge is 0.507 e. The second kappa shape index (κ2) is 7.18. The van der Waals surface area contributed by atoms with Gasteiger partial charge in [0, 0.05) is 5.56 Å². The van der Waals surface area contributed by atoms with Crippen molar-refractivity contribution >= 4 is 22.9 Å². The summed E-state index contributed by atoms with van der Waals surface area (Å²) in [7, 11) is 0. The minimum Gasteiger partial charge on any atom is -0.507 e. The van der Waals surface area contributed by atoms with Crippen LogP contribution in [0.2, 0.25) is 0 Å². The average molecular weight is 332 g/mol. The van der Waals surface area contributed by atoms with Crippen molar-refractivity contribution in [1.82, 2.24) is 5.43 Å². The monoisotopic (exact) mass is 332 g/mol. The van der Waals surface area contributed by atoms with Crippen LogP contribution in [0, 0.1) is 13.8 Å². The minimum absolute atomic E-state index is 0.131. The fourth-order valence-corrected chi connectivity index (χ4v) is 2.85. The Hall–Kier alpha value is -3.14. The van der Waals surface area contributed by atoms with E-state index in [1.54, 1.807) is 6.07 Å². The van der Waals surface area contributed by atoms with Crippen molar-refractivity contribution in [2.45, 2.75) is 20.3 Å². The number of benzene rings is 3. The summed E-state index contributed by atoms with van der Waals surface area (Å²) >= 11 is 0. The highest BCUT2D eigenvalue weighted by molar-refractivity contribution is 6.02. The number of fused-ring (bicyclic) bond motifs is 1. The topological polar surface area (TPSA) is 61.7 Å². The predicted octanol–water partition coefficient (Wildman–Crippen LogP) is 3.86. The number of nitrogens with zero attached hydrogens (tertiary/aromatic N) is 1. The Labute approximate surface area is 146 Å². The van der Waals surface area contributed by atoms with E-state index in [0.717, 1.165) is 21.9 Å². The standard InChI is InChI=1S/C21H20N2O2/c1-14-7-8-17(15(2)11-14)12-21(25)23-22-13-19-18-6-4-3-5-16(18)9-10-20(19)24/h3-11,13,24H,12H2,1-2H3,(H,23,25)/b22-13-. The Morgan fingerprint density at radius 3 is 2.72 bits per heavy atom. The number of hydrogen-bond acceptors (Lipinski definition) is 3. The van der Waals surface area contributed by atoms with Gasteiger partial charge in [0.15, 0.2) is 0 Å². The lowest BCUT2D eigenvalue weighted by Crippen LogP contribution is -2.20. The summed E-state index contributed by atoms with van der Waals surface area (Å²) in [5, 5.41) is 16.0. The van der Waals surface area contributed by atoms with Crippen LogP contribution < -0.4 is 5.43 Å². The SMILES string of the molecule is Cc1ccc(CC(=O)N/N=C\c2c(O)ccc3ccccc23)c(C)c1. The number of amides is 1. The van der Waals surface area contributed by atoms with Crippen LogP contribution in [0.15, 0.2) is 59.7 Å². The molecule has 0 radical (unpaired) electrons. The number of phenols is 1. The zero-order chi connectivity index (χ0) is 17.8. The van der Waals surface area contributed by atoms with Gasteiger partial charge in [0.2, 0.25) is 5.91 Å². The summed E-state index contributed by atoms with van der Waals surface area (Å²) in [4.78, 5) is 12.1. The highest BCUT2D eigenvalue weighted by atomic mass is 16.3. The number of hydrazone groups is 1. The molecule has 0 atom stereocenters. The van der Waals surface area contributed by atoms with Crippen molar-refractivity contribution < 1.29 is 9.90 Å². The van der Waals surface area contributed by atoms with Crippen LogP contribution in [0.4, 0.5) is 0 Å². The average Bonchev–Trinajstić information content (AvgIpc) is 2.59. The Bertz CT molecular complexity index is 961. The van der Waals surface area contributed by atoms with E-state index in [9.17, 15) is 9.90 Å². The Morgan fingerprint density at radius 2 is 1.92 bits per heavy atom. The normalized spacial score (nSPS) is 11.1. The van der Waals surface area contributed by atoms with Gasteiger partial charge in [0.25, 0.3) is 0 Å². The van der Waals surface area contributed by atoms with Crippen LogP contribution >= 0.6 is 0 Å². The summed E-state index contributed by atoms with van der Waals surface area (Å²) in [6, 6.07) is 17.2. The molecule has 0 fully saturated rings. The van der Waals surface area contributed by atoms with E-state index in [0.29, 0.717) is 5.56 Å². The van der Waals surface area contributed by atoms with E-state index in [1.165, 1.54) is 11.8 Å². The van der Waals surface area contributed by atoms with Gasteiger partial charge >= 0.3 is 0 Å². The first-order valence-corrected chi connectivity index (χ1v) is 8.13. The van der Waals surface area contributed by atoms with Crippen LogP contribution in [-0.4, -0.2) is 17.2 Å². The molecular formula is C21H20N2O2. The number of aryl methyl sites for hydroxylation is 2. The molecule has 2 N–H and O–H groups in total. The van der Waals surface area contributed by atoms with E-state index in [-0.39, 0.29) is 18.1 Å². The first-order chi connectivity index (χ1) is 12.0. The van der Waals surface area contributed by atoms with Crippen LogP contribution in [0.1, 0.15) is 22.3 Å². The van der Waals surface area contributed by atoms with Crippen molar-refractivity contribution in [3.8, 4) is 5.75 Å². The van der Waals surface area contributed by atoms with Gasteiger partial charge in [-0.05, 0) is 41.8 Å². The number of carbonyl (C=O) groups is 1. The molecule has 126 valence electrons. The zero-order valence-corrected chi connectivity index (χ0v) is 14.3. The number of hydrogen-bond donors (Lipinski definition) is 2. The van der Waals surface area contributed by atoms with Crippen LogP contribution in [0.3, 0.4) is 0 Å². The first-order valence-electron chi connectivity index (χ1n) is 8.13. The molecule has 0 saturated carbocycles. The molecule has 3 aromatic carbocycles.